The van der Waals surface area contributed by atoms with E-state index in [1.807, 2.05) is 30.3 Å². The molecule has 0 aliphatic carbocycles. The number of ether oxygens (including phenoxy) is 1. The molecule has 2 aromatic heterocycles. The number of anilines is 2. The molecule has 1 aromatic carbocycles. The number of pyridine rings is 1. The van der Waals surface area contributed by atoms with Gasteiger partial charge >= 0.3 is 0 Å². The van der Waals surface area contributed by atoms with Crippen molar-refractivity contribution in [2.75, 3.05) is 24.2 Å². The Kier molecular flexibility index (Phi) is 4.67. The van der Waals surface area contributed by atoms with Gasteiger partial charge in [0.2, 0.25) is 0 Å². The SMILES string of the molecule is Nc1c(NCC2CCCO2)ncnc1Sc1cccc2cccnc12. The predicted octanol–water partition coefficient (Wildman–Crippen LogP) is 3.35. The molecule has 1 atom stereocenters. The number of hydrogen-bond acceptors (Lipinski definition) is 7. The summed E-state index contributed by atoms with van der Waals surface area (Å²) in [6.07, 6.45) is 5.74. The number of nitrogens with one attached hydrogen (secondary N) is 1. The van der Waals surface area contributed by atoms with Crippen LogP contribution in [0.3, 0.4) is 0 Å². The quantitative estimate of drug-likeness (QED) is 0.680. The second kappa shape index (κ2) is 7.25. The molecule has 0 amide bonds. The van der Waals surface area contributed by atoms with Gasteiger partial charge in [-0.3, -0.25) is 4.98 Å². The van der Waals surface area contributed by atoms with E-state index in [0.717, 1.165) is 40.3 Å². The lowest BCUT2D eigenvalue weighted by Gasteiger charge is -2.14. The topological polar surface area (TPSA) is 86.0 Å². The molecule has 1 aliphatic heterocycles. The lowest BCUT2D eigenvalue weighted by Crippen LogP contribution is -2.19. The largest absolute Gasteiger partial charge is 0.394 e. The van der Waals surface area contributed by atoms with E-state index in [0.29, 0.717) is 18.1 Å². The normalized spacial score (nSPS) is 17.0. The number of nitrogens with zero attached hydrogens (tertiary/aromatic N) is 3. The number of fused-ring (bicyclic) bond motifs is 1. The fraction of sp³-hybridized carbons (Fsp3) is 0.278. The van der Waals surface area contributed by atoms with Crippen molar-refractivity contribution >= 4 is 34.2 Å². The van der Waals surface area contributed by atoms with Crippen LogP contribution in [0.25, 0.3) is 10.9 Å². The van der Waals surface area contributed by atoms with Gasteiger partial charge in [0.25, 0.3) is 0 Å². The Morgan fingerprint density at radius 1 is 1.20 bits per heavy atom. The highest BCUT2D eigenvalue weighted by Crippen LogP contribution is 2.36. The molecule has 1 saturated heterocycles. The maximum atomic E-state index is 6.29. The van der Waals surface area contributed by atoms with Crippen LogP contribution in [0.4, 0.5) is 11.5 Å². The van der Waals surface area contributed by atoms with Crippen molar-refractivity contribution in [3.05, 3.63) is 42.9 Å². The summed E-state index contributed by atoms with van der Waals surface area (Å²) in [6, 6.07) is 10.1. The summed E-state index contributed by atoms with van der Waals surface area (Å²) in [5.74, 6) is 0.654. The van der Waals surface area contributed by atoms with Crippen LogP contribution in [-0.4, -0.2) is 34.2 Å². The van der Waals surface area contributed by atoms with Gasteiger partial charge in [0, 0.05) is 29.6 Å². The molecule has 1 fully saturated rings. The summed E-state index contributed by atoms with van der Waals surface area (Å²) in [4.78, 5) is 14.1. The van der Waals surface area contributed by atoms with Gasteiger partial charge in [-0.05, 0) is 25.0 Å². The minimum Gasteiger partial charge on any atom is -0.394 e. The van der Waals surface area contributed by atoms with E-state index in [-0.39, 0.29) is 6.10 Å². The number of aromatic nitrogens is 3. The molecule has 0 saturated carbocycles. The van der Waals surface area contributed by atoms with E-state index < -0.39 is 0 Å². The third-order valence-corrected chi connectivity index (χ3v) is 5.24. The molecule has 0 radical (unpaired) electrons. The van der Waals surface area contributed by atoms with Crippen molar-refractivity contribution in [2.45, 2.75) is 28.9 Å². The fourth-order valence-corrected chi connectivity index (χ4v) is 3.81. The first-order chi connectivity index (χ1) is 12.3. The van der Waals surface area contributed by atoms with E-state index in [1.54, 1.807) is 6.20 Å². The van der Waals surface area contributed by atoms with Crippen LogP contribution in [0.1, 0.15) is 12.8 Å². The van der Waals surface area contributed by atoms with Crippen LogP contribution in [0.15, 0.2) is 52.8 Å². The van der Waals surface area contributed by atoms with Crippen molar-refractivity contribution < 1.29 is 4.74 Å². The molecule has 6 nitrogen and oxygen atoms in total. The lowest BCUT2D eigenvalue weighted by molar-refractivity contribution is 0.120. The highest BCUT2D eigenvalue weighted by Gasteiger charge is 2.17. The average molecular weight is 353 g/mol. The molecule has 4 rings (SSSR count). The molecule has 0 spiro atoms. The van der Waals surface area contributed by atoms with Gasteiger partial charge < -0.3 is 15.8 Å². The van der Waals surface area contributed by atoms with E-state index >= 15 is 0 Å². The summed E-state index contributed by atoms with van der Waals surface area (Å²) < 4.78 is 5.63. The zero-order chi connectivity index (χ0) is 17.1. The number of hydrogen-bond donors (Lipinski definition) is 2. The molecule has 128 valence electrons. The molecular weight excluding hydrogens is 334 g/mol. The molecule has 1 aliphatic rings. The molecule has 25 heavy (non-hydrogen) atoms. The van der Waals surface area contributed by atoms with E-state index in [2.05, 4.69) is 20.3 Å². The Morgan fingerprint density at radius 3 is 3.00 bits per heavy atom. The Morgan fingerprint density at radius 2 is 2.12 bits per heavy atom. The zero-order valence-corrected chi connectivity index (χ0v) is 14.5. The predicted molar refractivity (Wildman–Crippen MR) is 99.8 cm³/mol. The first-order valence-electron chi connectivity index (χ1n) is 8.29. The minimum atomic E-state index is 0.229. The summed E-state index contributed by atoms with van der Waals surface area (Å²) in [7, 11) is 0. The molecule has 3 N–H and O–H groups in total. The van der Waals surface area contributed by atoms with Gasteiger partial charge in [0.1, 0.15) is 17.0 Å². The Bertz CT molecular complexity index is 877. The maximum absolute atomic E-state index is 6.29. The van der Waals surface area contributed by atoms with Gasteiger partial charge in [-0.25, -0.2) is 9.97 Å². The van der Waals surface area contributed by atoms with Gasteiger partial charge in [-0.1, -0.05) is 30.0 Å². The third kappa shape index (κ3) is 3.52. The van der Waals surface area contributed by atoms with Gasteiger partial charge in [-0.2, -0.15) is 0 Å². The number of nitrogen functional groups attached to an aromatic ring is 1. The number of nitrogens with two attached hydrogens (primary N) is 1. The Hall–Kier alpha value is -2.38. The van der Waals surface area contributed by atoms with Crippen LogP contribution in [0, 0.1) is 0 Å². The van der Waals surface area contributed by atoms with Crippen LogP contribution in [0.2, 0.25) is 0 Å². The Balaban J connectivity index is 1.56. The van der Waals surface area contributed by atoms with Crippen molar-refractivity contribution in [1.29, 1.82) is 0 Å². The molecule has 0 bridgehead atoms. The van der Waals surface area contributed by atoms with E-state index in [9.17, 15) is 0 Å². The van der Waals surface area contributed by atoms with Crippen LogP contribution in [0.5, 0.6) is 0 Å². The number of benzene rings is 1. The van der Waals surface area contributed by atoms with Gasteiger partial charge in [0.05, 0.1) is 11.6 Å². The second-order valence-corrected chi connectivity index (χ2v) is 6.92. The minimum absolute atomic E-state index is 0.229. The highest BCUT2D eigenvalue weighted by atomic mass is 32.2. The Labute approximate surface area is 150 Å². The summed E-state index contributed by atoms with van der Waals surface area (Å²) in [5.41, 5.74) is 7.79. The summed E-state index contributed by atoms with van der Waals surface area (Å²) in [5, 5.41) is 5.11. The standard InChI is InChI=1S/C18H19N5OS/c19-15-17(21-10-13-6-3-9-24-13)22-11-23-18(15)25-14-7-1-4-12-5-2-8-20-16(12)14/h1-2,4-5,7-8,11,13H,3,6,9-10,19H2,(H,21,22,23). The van der Waals surface area contributed by atoms with Crippen molar-refractivity contribution in [1.82, 2.24) is 15.0 Å². The van der Waals surface area contributed by atoms with Crippen molar-refractivity contribution in [3.63, 3.8) is 0 Å². The number of para-hydroxylation sites is 1. The van der Waals surface area contributed by atoms with E-state index in [1.165, 1.54) is 18.1 Å². The van der Waals surface area contributed by atoms with Crippen LogP contribution in [-0.2, 0) is 4.74 Å². The molecule has 7 heteroatoms. The molecule has 3 heterocycles. The first-order valence-corrected chi connectivity index (χ1v) is 9.10. The monoisotopic (exact) mass is 353 g/mol. The van der Waals surface area contributed by atoms with Crippen LogP contribution >= 0.6 is 11.8 Å². The first kappa shape index (κ1) is 16.1. The van der Waals surface area contributed by atoms with Gasteiger partial charge in [-0.15, -0.1) is 0 Å². The van der Waals surface area contributed by atoms with E-state index in [4.69, 9.17) is 10.5 Å². The van der Waals surface area contributed by atoms with Crippen LogP contribution < -0.4 is 11.1 Å². The van der Waals surface area contributed by atoms with Crippen molar-refractivity contribution in [3.8, 4) is 0 Å². The fourth-order valence-electron chi connectivity index (χ4n) is 2.88. The molecule has 3 aromatic rings. The second-order valence-electron chi connectivity index (χ2n) is 5.89. The summed E-state index contributed by atoms with van der Waals surface area (Å²) in [6.45, 7) is 1.54. The molecular formula is C18H19N5OS. The zero-order valence-electron chi connectivity index (χ0n) is 13.7. The number of rotatable bonds is 5. The summed E-state index contributed by atoms with van der Waals surface area (Å²) >= 11 is 1.51. The average Bonchev–Trinajstić information content (AvgIpc) is 3.16. The van der Waals surface area contributed by atoms with Gasteiger partial charge in [0.15, 0.2) is 5.82 Å². The lowest BCUT2D eigenvalue weighted by atomic mass is 10.2. The highest BCUT2D eigenvalue weighted by molar-refractivity contribution is 7.99. The third-order valence-electron chi connectivity index (χ3n) is 4.17. The smallest absolute Gasteiger partial charge is 0.153 e. The maximum Gasteiger partial charge on any atom is 0.153 e. The van der Waals surface area contributed by atoms with Crippen molar-refractivity contribution in [2.24, 2.45) is 0 Å². The molecule has 1 unspecified atom stereocenters.